The van der Waals surface area contributed by atoms with Crippen molar-refractivity contribution in [1.82, 2.24) is 0 Å². The Morgan fingerprint density at radius 3 is 2.77 bits per heavy atom. The van der Waals surface area contributed by atoms with E-state index in [9.17, 15) is 4.79 Å². The van der Waals surface area contributed by atoms with Crippen LogP contribution in [0.5, 0.6) is 0 Å². The molecule has 0 bridgehead atoms. The Kier molecular flexibility index (Phi) is 6.75. The van der Waals surface area contributed by atoms with Gasteiger partial charge in [-0.05, 0) is 19.3 Å². The topological polar surface area (TPSA) is 53.5 Å². The van der Waals surface area contributed by atoms with Gasteiger partial charge in [-0.2, -0.15) is 4.79 Å². The van der Waals surface area contributed by atoms with E-state index in [1.165, 1.54) is 0 Å². The number of carbonyl (C=O) groups is 1. The molecular formula is C10H16N2O. The third-order valence-electron chi connectivity index (χ3n) is 1.94. The molecular weight excluding hydrogens is 164 g/mol. The summed E-state index contributed by atoms with van der Waals surface area (Å²) < 4.78 is 0. The molecule has 0 aliphatic carbocycles. The number of allylic oxidation sites excluding steroid dienone is 1. The van der Waals surface area contributed by atoms with E-state index in [1.54, 1.807) is 6.08 Å². The zero-order valence-electron chi connectivity index (χ0n) is 8.07. The summed E-state index contributed by atoms with van der Waals surface area (Å²) in [5, 5.41) is 0. The minimum atomic E-state index is -0.0915. The highest BCUT2D eigenvalue weighted by molar-refractivity contribution is 6.26. The fraction of sp³-hybridized carbons (Fsp3) is 0.600. The number of carbonyl (C=O) groups excluding carboxylic acids is 1. The molecule has 72 valence electrons. The average molecular weight is 180 g/mol. The lowest BCUT2D eigenvalue weighted by molar-refractivity contribution is -0.120. The van der Waals surface area contributed by atoms with Crippen LogP contribution in [0.2, 0.25) is 0 Å². The van der Waals surface area contributed by atoms with Crippen LogP contribution in [0.3, 0.4) is 0 Å². The SMILES string of the molecule is C=CCCC(CCC)C(=O)C=[N+]=[N-]. The molecule has 3 heteroatoms. The van der Waals surface area contributed by atoms with E-state index >= 15 is 0 Å². The van der Waals surface area contributed by atoms with E-state index in [2.05, 4.69) is 11.4 Å². The number of Topliss-reactive ketones (excluding diaryl/α,β-unsaturated/α-hetero) is 1. The summed E-state index contributed by atoms with van der Waals surface area (Å²) >= 11 is 0. The predicted octanol–water partition coefficient (Wildman–Crippen LogP) is 2.24. The molecule has 3 nitrogen and oxygen atoms in total. The van der Waals surface area contributed by atoms with Crippen LogP contribution < -0.4 is 0 Å². The first-order valence-electron chi connectivity index (χ1n) is 4.58. The van der Waals surface area contributed by atoms with Gasteiger partial charge in [0.15, 0.2) is 0 Å². The molecule has 13 heavy (non-hydrogen) atoms. The fourth-order valence-corrected chi connectivity index (χ4v) is 1.26. The van der Waals surface area contributed by atoms with Crippen molar-refractivity contribution < 1.29 is 9.58 Å². The van der Waals surface area contributed by atoms with Crippen molar-refractivity contribution in [1.29, 1.82) is 0 Å². The molecule has 1 atom stereocenters. The van der Waals surface area contributed by atoms with Gasteiger partial charge in [-0.15, -0.1) is 6.58 Å². The highest BCUT2D eigenvalue weighted by Crippen LogP contribution is 2.13. The van der Waals surface area contributed by atoms with Gasteiger partial charge in [0.1, 0.15) is 0 Å². The molecule has 0 amide bonds. The molecule has 0 aromatic carbocycles. The number of nitrogens with zero attached hydrogens (tertiary/aromatic N) is 2. The minimum Gasteiger partial charge on any atom is -0.361 e. The molecule has 1 unspecified atom stereocenters. The Balaban J connectivity index is 4.12. The van der Waals surface area contributed by atoms with E-state index < -0.39 is 0 Å². The fourth-order valence-electron chi connectivity index (χ4n) is 1.26. The van der Waals surface area contributed by atoms with Gasteiger partial charge in [-0.25, -0.2) is 0 Å². The molecule has 0 aromatic heterocycles. The first-order valence-corrected chi connectivity index (χ1v) is 4.58. The Hall–Kier alpha value is -1.21. The normalized spacial score (nSPS) is 11.5. The molecule has 0 heterocycles. The lowest BCUT2D eigenvalue weighted by Gasteiger charge is -2.08. The van der Waals surface area contributed by atoms with Gasteiger partial charge >= 0.3 is 6.21 Å². The third-order valence-corrected chi connectivity index (χ3v) is 1.94. The second-order valence-electron chi connectivity index (χ2n) is 3.00. The van der Waals surface area contributed by atoms with Crippen LogP contribution in [-0.4, -0.2) is 16.8 Å². The lowest BCUT2D eigenvalue weighted by Crippen LogP contribution is -2.15. The van der Waals surface area contributed by atoms with Crippen LogP contribution >= 0.6 is 0 Å². The predicted molar refractivity (Wildman–Crippen MR) is 52.5 cm³/mol. The quantitative estimate of drug-likeness (QED) is 0.256. The van der Waals surface area contributed by atoms with E-state index in [4.69, 9.17) is 5.53 Å². The molecule has 0 saturated heterocycles. The summed E-state index contributed by atoms with van der Waals surface area (Å²) in [5.74, 6) is -0.106. The molecule has 0 rings (SSSR count). The average Bonchev–Trinajstić information content (AvgIpc) is 2.12. The molecule has 0 spiro atoms. The van der Waals surface area contributed by atoms with Gasteiger partial charge in [-0.3, -0.25) is 4.79 Å². The van der Waals surface area contributed by atoms with Gasteiger partial charge in [0.05, 0.1) is 0 Å². The Morgan fingerprint density at radius 1 is 1.62 bits per heavy atom. The van der Waals surface area contributed by atoms with Crippen LogP contribution in [0, 0.1) is 5.92 Å². The van der Waals surface area contributed by atoms with Crippen LogP contribution in [0.25, 0.3) is 5.53 Å². The zero-order chi connectivity index (χ0) is 10.1. The summed E-state index contributed by atoms with van der Waals surface area (Å²) in [6.07, 6.45) is 6.22. The van der Waals surface area contributed by atoms with Gasteiger partial charge in [0.25, 0.3) is 0 Å². The summed E-state index contributed by atoms with van der Waals surface area (Å²) in [7, 11) is 0. The highest BCUT2D eigenvalue weighted by Gasteiger charge is 2.17. The number of ketones is 1. The second-order valence-corrected chi connectivity index (χ2v) is 3.00. The zero-order valence-corrected chi connectivity index (χ0v) is 8.07. The van der Waals surface area contributed by atoms with Crippen molar-refractivity contribution in [3.05, 3.63) is 18.2 Å². The van der Waals surface area contributed by atoms with Crippen molar-refractivity contribution in [2.75, 3.05) is 0 Å². The Morgan fingerprint density at radius 2 is 2.31 bits per heavy atom. The molecule has 0 aromatic rings. The number of hydrogen-bond donors (Lipinski definition) is 0. The van der Waals surface area contributed by atoms with E-state index in [0.29, 0.717) is 0 Å². The van der Waals surface area contributed by atoms with Crippen LogP contribution in [0.4, 0.5) is 0 Å². The summed E-state index contributed by atoms with van der Waals surface area (Å²) in [6, 6.07) is 0. The largest absolute Gasteiger partial charge is 0.361 e. The van der Waals surface area contributed by atoms with E-state index in [-0.39, 0.29) is 11.7 Å². The van der Waals surface area contributed by atoms with Crippen molar-refractivity contribution in [3.8, 4) is 0 Å². The Bertz CT molecular complexity index is 217. The second kappa shape index (κ2) is 7.44. The van der Waals surface area contributed by atoms with Crippen molar-refractivity contribution in [3.63, 3.8) is 0 Å². The van der Waals surface area contributed by atoms with Crippen molar-refractivity contribution in [2.45, 2.75) is 32.6 Å². The van der Waals surface area contributed by atoms with Crippen molar-refractivity contribution in [2.24, 2.45) is 5.92 Å². The van der Waals surface area contributed by atoms with E-state index in [0.717, 1.165) is 31.9 Å². The van der Waals surface area contributed by atoms with E-state index in [1.807, 2.05) is 6.92 Å². The molecule has 0 aliphatic heterocycles. The third kappa shape index (κ3) is 5.10. The maximum Gasteiger partial charge on any atom is 0.323 e. The lowest BCUT2D eigenvalue weighted by atomic mass is 9.94. The van der Waals surface area contributed by atoms with Gasteiger partial charge in [0, 0.05) is 5.92 Å². The molecule has 0 saturated carbocycles. The maximum absolute atomic E-state index is 11.3. The first kappa shape index (κ1) is 11.8. The van der Waals surface area contributed by atoms with Crippen LogP contribution in [-0.2, 0) is 4.79 Å². The van der Waals surface area contributed by atoms with Crippen LogP contribution in [0.15, 0.2) is 12.7 Å². The van der Waals surface area contributed by atoms with Crippen molar-refractivity contribution >= 4 is 12.0 Å². The molecule has 0 N–H and O–H groups in total. The molecule has 0 fully saturated rings. The highest BCUT2D eigenvalue weighted by atomic mass is 16.1. The molecule has 0 aliphatic rings. The van der Waals surface area contributed by atoms with Gasteiger partial charge in [-0.1, -0.05) is 19.4 Å². The standard InChI is InChI=1S/C10H16N2O/c1-3-5-7-9(6-4-2)10(13)8-12-11/h3,8-9H,1,4-7H2,2H3. The Labute approximate surface area is 79.1 Å². The number of hydrogen-bond acceptors (Lipinski definition) is 1. The summed E-state index contributed by atoms with van der Waals surface area (Å²) in [5.41, 5.74) is 8.21. The first-order chi connectivity index (χ1) is 6.26. The monoisotopic (exact) mass is 180 g/mol. The molecule has 0 radical (unpaired) electrons. The smallest absolute Gasteiger partial charge is 0.323 e. The van der Waals surface area contributed by atoms with Crippen LogP contribution in [0.1, 0.15) is 32.6 Å². The van der Waals surface area contributed by atoms with Gasteiger partial charge < -0.3 is 5.53 Å². The summed E-state index contributed by atoms with van der Waals surface area (Å²) in [6.45, 7) is 5.64. The maximum atomic E-state index is 11.3. The summed E-state index contributed by atoms with van der Waals surface area (Å²) in [4.78, 5) is 14.0. The van der Waals surface area contributed by atoms with Gasteiger partial charge in [0.2, 0.25) is 5.78 Å². The number of rotatable bonds is 7. The minimum absolute atomic E-state index is 0.0149.